The van der Waals surface area contributed by atoms with Gasteiger partial charge in [-0.3, -0.25) is 9.59 Å². The first kappa shape index (κ1) is 22.5. The maximum absolute atomic E-state index is 13.7. The zero-order chi connectivity index (χ0) is 24.0. The Labute approximate surface area is 201 Å². The van der Waals surface area contributed by atoms with Crippen LogP contribution in [0.4, 0.5) is 4.39 Å². The standard InChI is InChI=1S/C26H26FN3O3S/c1-14-5-4-6-16(9-14)24-23(29-15(2)34-24)26(32)30-13-17-10-19(17)21(30)12-28-25(31)20-11-18(27)7-8-22(20)33-3/h4-9,11,17,19,21H,10,12-13H2,1-3H3,(H,28,31)/t17-,19?,21-/m1/s1. The van der Waals surface area contributed by atoms with Gasteiger partial charge in [0.05, 0.1) is 28.6 Å². The second-order valence-electron chi connectivity index (χ2n) is 9.02. The van der Waals surface area contributed by atoms with Gasteiger partial charge >= 0.3 is 0 Å². The predicted molar refractivity (Wildman–Crippen MR) is 129 cm³/mol. The Kier molecular flexibility index (Phi) is 5.85. The van der Waals surface area contributed by atoms with Crippen LogP contribution in [0.15, 0.2) is 42.5 Å². The summed E-state index contributed by atoms with van der Waals surface area (Å²) in [6.07, 6.45) is 1.05. The molecule has 1 unspecified atom stereocenters. The number of nitrogens with one attached hydrogen (secondary N) is 1. The number of ether oxygens (including phenoxy) is 1. The first-order chi connectivity index (χ1) is 16.4. The molecule has 3 atom stereocenters. The number of methoxy groups -OCH3 is 1. The number of piperidine rings is 1. The average Bonchev–Trinajstić information content (AvgIpc) is 3.33. The van der Waals surface area contributed by atoms with Crippen LogP contribution in [-0.4, -0.2) is 47.9 Å². The monoisotopic (exact) mass is 479 g/mol. The molecule has 3 aromatic rings. The largest absolute Gasteiger partial charge is 0.496 e. The van der Waals surface area contributed by atoms with Crippen molar-refractivity contribution < 1.29 is 18.7 Å². The number of nitrogens with zero attached hydrogens (tertiary/aromatic N) is 2. The summed E-state index contributed by atoms with van der Waals surface area (Å²) in [5.41, 5.74) is 2.72. The normalized spacial score (nSPS) is 20.7. The van der Waals surface area contributed by atoms with Crippen LogP contribution < -0.4 is 10.1 Å². The van der Waals surface area contributed by atoms with Gasteiger partial charge in [-0.15, -0.1) is 11.3 Å². The summed E-state index contributed by atoms with van der Waals surface area (Å²) in [6.45, 7) is 4.90. The van der Waals surface area contributed by atoms with Crippen LogP contribution in [0.5, 0.6) is 5.75 Å². The number of aromatic nitrogens is 1. The predicted octanol–water partition coefficient (Wildman–Crippen LogP) is 4.47. The first-order valence-electron chi connectivity index (χ1n) is 11.3. The number of benzene rings is 2. The molecule has 2 aliphatic rings. The topological polar surface area (TPSA) is 71.5 Å². The van der Waals surface area contributed by atoms with Crippen molar-refractivity contribution >= 4 is 23.2 Å². The number of aryl methyl sites for hydroxylation is 2. The molecule has 1 aliphatic heterocycles. The summed E-state index contributed by atoms with van der Waals surface area (Å²) >= 11 is 1.52. The average molecular weight is 480 g/mol. The van der Waals surface area contributed by atoms with Crippen LogP contribution >= 0.6 is 11.3 Å². The second kappa shape index (κ2) is 8.83. The van der Waals surface area contributed by atoms with Crippen LogP contribution in [0.2, 0.25) is 0 Å². The van der Waals surface area contributed by atoms with E-state index in [1.807, 2.05) is 36.9 Å². The van der Waals surface area contributed by atoms with Gasteiger partial charge in [0.1, 0.15) is 17.3 Å². The van der Waals surface area contributed by atoms with Crippen molar-refractivity contribution in [3.63, 3.8) is 0 Å². The van der Waals surface area contributed by atoms with Crippen LogP contribution in [0, 0.1) is 31.5 Å². The SMILES string of the molecule is COc1ccc(F)cc1C(=O)NC[C@@H]1C2C[C@@H]2CN1C(=O)c1nc(C)sc1-c1cccc(C)c1. The van der Waals surface area contributed by atoms with Crippen LogP contribution in [-0.2, 0) is 0 Å². The maximum Gasteiger partial charge on any atom is 0.274 e. The second-order valence-corrected chi connectivity index (χ2v) is 10.2. The van der Waals surface area contributed by atoms with Gasteiger partial charge in [-0.05, 0) is 55.9 Å². The molecule has 34 heavy (non-hydrogen) atoms. The van der Waals surface area contributed by atoms with Crippen molar-refractivity contribution in [1.82, 2.24) is 15.2 Å². The highest BCUT2D eigenvalue weighted by Gasteiger charge is 2.54. The highest BCUT2D eigenvalue weighted by molar-refractivity contribution is 7.15. The number of carbonyl (C=O) groups is 2. The van der Waals surface area contributed by atoms with Gasteiger partial charge in [-0.25, -0.2) is 9.37 Å². The minimum atomic E-state index is -0.506. The summed E-state index contributed by atoms with van der Waals surface area (Å²) in [5.74, 6) is 0.0997. The highest BCUT2D eigenvalue weighted by Crippen LogP contribution is 2.50. The number of halogens is 1. The quantitative estimate of drug-likeness (QED) is 0.567. The zero-order valence-corrected chi connectivity index (χ0v) is 20.1. The lowest BCUT2D eigenvalue weighted by molar-refractivity contribution is 0.0690. The van der Waals surface area contributed by atoms with Crippen molar-refractivity contribution in [3.8, 4) is 16.2 Å². The third kappa shape index (κ3) is 4.18. The molecule has 0 radical (unpaired) electrons. The molecule has 0 spiro atoms. The molecule has 1 aliphatic carbocycles. The fourth-order valence-electron chi connectivity index (χ4n) is 4.91. The minimum absolute atomic E-state index is 0.101. The van der Waals surface area contributed by atoms with Crippen LogP contribution in [0.25, 0.3) is 10.4 Å². The van der Waals surface area contributed by atoms with E-state index in [9.17, 15) is 14.0 Å². The molecule has 176 valence electrons. The van der Waals surface area contributed by atoms with E-state index in [2.05, 4.69) is 16.4 Å². The van der Waals surface area contributed by atoms with Crippen molar-refractivity contribution in [2.75, 3.05) is 20.2 Å². The number of rotatable bonds is 6. The van der Waals surface area contributed by atoms with Crippen molar-refractivity contribution in [2.45, 2.75) is 26.3 Å². The summed E-state index contributed by atoms with van der Waals surface area (Å²) in [6, 6.07) is 11.8. The van der Waals surface area contributed by atoms with E-state index in [0.29, 0.717) is 36.4 Å². The van der Waals surface area contributed by atoms with Gasteiger partial charge < -0.3 is 15.0 Å². The third-order valence-corrected chi connectivity index (χ3v) is 7.68. The molecule has 6 nitrogen and oxygen atoms in total. The van der Waals surface area contributed by atoms with Gasteiger partial charge in [0.25, 0.3) is 11.8 Å². The highest BCUT2D eigenvalue weighted by atomic mass is 32.1. The van der Waals surface area contributed by atoms with Crippen molar-refractivity contribution in [1.29, 1.82) is 0 Å². The van der Waals surface area contributed by atoms with Crippen LogP contribution in [0.1, 0.15) is 37.8 Å². The summed E-state index contributed by atoms with van der Waals surface area (Å²) in [7, 11) is 1.44. The Morgan fingerprint density at radius 2 is 2.06 bits per heavy atom. The lowest BCUT2D eigenvalue weighted by atomic mass is 10.1. The molecule has 0 bridgehead atoms. The molecule has 1 saturated heterocycles. The fraction of sp³-hybridized carbons (Fsp3) is 0.346. The molecule has 2 amide bonds. The Morgan fingerprint density at radius 3 is 2.82 bits per heavy atom. The van der Waals surface area contributed by atoms with Gasteiger partial charge in [0.15, 0.2) is 0 Å². The molecule has 2 aromatic carbocycles. The molecular formula is C26H26FN3O3S. The Hall–Kier alpha value is -3.26. The number of amides is 2. The summed E-state index contributed by atoms with van der Waals surface area (Å²) < 4.78 is 18.9. The number of likely N-dealkylation sites (tertiary alicyclic amines) is 1. The molecular weight excluding hydrogens is 453 g/mol. The smallest absolute Gasteiger partial charge is 0.274 e. The van der Waals surface area contributed by atoms with E-state index in [-0.39, 0.29) is 17.5 Å². The number of thiazole rings is 1. The van der Waals surface area contributed by atoms with Crippen molar-refractivity contribution in [2.24, 2.45) is 11.8 Å². The minimum Gasteiger partial charge on any atom is -0.496 e. The maximum atomic E-state index is 13.7. The molecule has 1 N–H and O–H groups in total. The third-order valence-electron chi connectivity index (χ3n) is 6.66. The summed E-state index contributed by atoms with van der Waals surface area (Å²) in [5, 5.41) is 3.74. The van der Waals surface area contributed by atoms with Gasteiger partial charge in [-0.2, -0.15) is 0 Å². The molecule has 1 saturated carbocycles. The van der Waals surface area contributed by atoms with E-state index in [0.717, 1.165) is 33.5 Å². The van der Waals surface area contributed by atoms with Crippen molar-refractivity contribution in [3.05, 3.63) is 70.1 Å². The van der Waals surface area contributed by atoms with Gasteiger partial charge in [0.2, 0.25) is 0 Å². The Morgan fingerprint density at radius 1 is 1.24 bits per heavy atom. The van der Waals surface area contributed by atoms with Crippen LogP contribution in [0.3, 0.4) is 0 Å². The number of hydrogen-bond acceptors (Lipinski definition) is 5. The number of hydrogen-bond donors (Lipinski definition) is 1. The summed E-state index contributed by atoms with van der Waals surface area (Å²) in [4.78, 5) is 33.8. The van der Waals surface area contributed by atoms with E-state index in [1.54, 1.807) is 0 Å². The lowest BCUT2D eigenvalue weighted by Crippen LogP contribution is -2.45. The number of fused-ring (bicyclic) bond motifs is 1. The Bertz CT molecular complexity index is 1270. The molecule has 5 rings (SSSR count). The van der Waals surface area contributed by atoms with Gasteiger partial charge in [-0.1, -0.05) is 29.8 Å². The van der Waals surface area contributed by atoms with E-state index >= 15 is 0 Å². The molecule has 2 fully saturated rings. The van der Waals surface area contributed by atoms with Gasteiger partial charge in [0, 0.05) is 13.1 Å². The molecule has 2 heterocycles. The zero-order valence-electron chi connectivity index (χ0n) is 19.3. The lowest BCUT2D eigenvalue weighted by Gasteiger charge is -2.27. The number of carbonyl (C=O) groups excluding carboxylic acids is 2. The molecule has 1 aromatic heterocycles. The first-order valence-corrected chi connectivity index (χ1v) is 12.1. The van der Waals surface area contributed by atoms with E-state index < -0.39 is 11.7 Å². The Balaban J connectivity index is 1.36. The fourth-order valence-corrected chi connectivity index (χ4v) is 5.81. The van der Waals surface area contributed by atoms with E-state index in [4.69, 9.17) is 4.74 Å². The van der Waals surface area contributed by atoms with E-state index in [1.165, 1.54) is 30.6 Å². The molecule has 8 heteroatoms.